The van der Waals surface area contributed by atoms with Crippen molar-refractivity contribution in [3.8, 4) is 0 Å². The molecule has 0 unspecified atom stereocenters. The van der Waals surface area contributed by atoms with Crippen LogP contribution in [0.25, 0.3) is 11.0 Å². The van der Waals surface area contributed by atoms with Crippen molar-refractivity contribution in [3.63, 3.8) is 0 Å². The molecule has 0 spiro atoms. The molecule has 1 fully saturated rings. The van der Waals surface area contributed by atoms with Gasteiger partial charge in [0.2, 0.25) is 0 Å². The number of aromatic nitrogens is 4. The number of nitrogens with zero attached hydrogens (tertiary/aromatic N) is 4. The van der Waals surface area contributed by atoms with Gasteiger partial charge in [-0.1, -0.05) is 12.1 Å². The molecular formula is C17H20FN5O. The monoisotopic (exact) mass is 329 g/mol. The highest BCUT2D eigenvalue weighted by Gasteiger charge is 2.33. The maximum atomic E-state index is 14.2. The molecule has 24 heavy (non-hydrogen) atoms. The molecule has 6 nitrogen and oxygen atoms in total. The molecule has 2 aromatic heterocycles. The van der Waals surface area contributed by atoms with Crippen LogP contribution in [0.3, 0.4) is 0 Å². The van der Waals surface area contributed by atoms with Crippen LogP contribution in [-0.2, 0) is 24.9 Å². The first kappa shape index (κ1) is 15.3. The van der Waals surface area contributed by atoms with Gasteiger partial charge in [-0.05, 0) is 12.1 Å². The number of hydrogen-bond acceptors (Lipinski definition) is 4. The van der Waals surface area contributed by atoms with Gasteiger partial charge >= 0.3 is 0 Å². The van der Waals surface area contributed by atoms with Gasteiger partial charge < -0.3 is 9.72 Å². The zero-order valence-corrected chi connectivity index (χ0v) is 13.5. The van der Waals surface area contributed by atoms with E-state index in [-0.39, 0.29) is 0 Å². The second-order valence-corrected chi connectivity index (χ2v) is 6.28. The highest BCUT2D eigenvalue weighted by atomic mass is 19.1. The standard InChI is InChI=1S/C17H20FN5O/c1-22-7-12(6-19-22)8-23-9-13(18)16(10-23)24-11-17-20-14-4-2-3-5-15(14)21-17/h2-7,13,16H,8-11H2,1H3,(H,20,21)/t13-,16+/m1/s1. The molecule has 7 heteroatoms. The Hall–Kier alpha value is -2.25. The molecule has 0 aliphatic carbocycles. The third-order valence-corrected chi connectivity index (χ3v) is 4.31. The zero-order valence-electron chi connectivity index (χ0n) is 13.5. The molecule has 0 radical (unpaired) electrons. The Morgan fingerprint density at radius 1 is 1.33 bits per heavy atom. The Balaban J connectivity index is 1.34. The fraction of sp³-hybridized carbons (Fsp3) is 0.412. The van der Waals surface area contributed by atoms with Gasteiger partial charge in [-0.3, -0.25) is 9.58 Å². The molecule has 0 amide bonds. The first-order valence-electron chi connectivity index (χ1n) is 8.06. The van der Waals surface area contributed by atoms with Crippen molar-refractivity contribution in [2.75, 3.05) is 13.1 Å². The van der Waals surface area contributed by atoms with Gasteiger partial charge in [-0.15, -0.1) is 0 Å². The number of rotatable bonds is 5. The van der Waals surface area contributed by atoms with E-state index in [4.69, 9.17) is 4.74 Å². The summed E-state index contributed by atoms with van der Waals surface area (Å²) in [4.78, 5) is 9.73. The van der Waals surface area contributed by atoms with Gasteiger partial charge in [-0.2, -0.15) is 5.10 Å². The molecule has 1 N–H and O–H groups in total. The van der Waals surface area contributed by atoms with Crippen molar-refractivity contribution < 1.29 is 9.13 Å². The van der Waals surface area contributed by atoms with Crippen LogP contribution in [0.1, 0.15) is 11.4 Å². The third-order valence-electron chi connectivity index (χ3n) is 4.31. The number of ether oxygens (including phenoxy) is 1. The van der Waals surface area contributed by atoms with E-state index in [1.807, 2.05) is 43.7 Å². The van der Waals surface area contributed by atoms with Crippen LogP contribution in [0.15, 0.2) is 36.7 Å². The Bertz CT molecular complexity index is 796. The van der Waals surface area contributed by atoms with Crippen molar-refractivity contribution in [2.24, 2.45) is 7.05 Å². The van der Waals surface area contributed by atoms with Gasteiger partial charge in [0, 0.05) is 38.4 Å². The molecule has 1 saturated heterocycles. The maximum absolute atomic E-state index is 14.2. The van der Waals surface area contributed by atoms with Crippen LogP contribution >= 0.6 is 0 Å². The minimum absolute atomic E-state index is 0.292. The van der Waals surface area contributed by atoms with E-state index < -0.39 is 12.3 Å². The summed E-state index contributed by atoms with van der Waals surface area (Å²) in [7, 11) is 1.88. The Kier molecular flexibility index (Phi) is 4.03. The number of likely N-dealkylation sites (tertiary alicyclic amines) is 1. The molecule has 0 saturated carbocycles. The number of halogens is 1. The predicted octanol–water partition coefficient (Wildman–Crippen LogP) is 2.04. The molecule has 3 heterocycles. The number of imidazole rings is 1. The number of fused-ring (bicyclic) bond motifs is 1. The van der Waals surface area contributed by atoms with E-state index in [1.54, 1.807) is 4.68 Å². The van der Waals surface area contributed by atoms with Gasteiger partial charge in [0.05, 0.1) is 17.2 Å². The lowest BCUT2D eigenvalue weighted by Crippen LogP contribution is -2.24. The summed E-state index contributed by atoms with van der Waals surface area (Å²) < 4.78 is 21.8. The van der Waals surface area contributed by atoms with E-state index in [0.29, 0.717) is 26.2 Å². The number of benzene rings is 1. The number of aryl methyl sites for hydroxylation is 1. The largest absolute Gasteiger partial charge is 0.366 e. The van der Waals surface area contributed by atoms with Crippen molar-refractivity contribution in [1.82, 2.24) is 24.6 Å². The van der Waals surface area contributed by atoms with Crippen molar-refractivity contribution in [1.29, 1.82) is 0 Å². The average Bonchev–Trinajstić information content (AvgIpc) is 3.24. The summed E-state index contributed by atoms with van der Waals surface area (Å²) in [5.41, 5.74) is 2.96. The summed E-state index contributed by atoms with van der Waals surface area (Å²) in [6, 6.07) is 7.81. The van der Waals surface area contributed by atoms with Gasteiger partial charge in [0.15, 0.2) is 0 Å². The number of alkyl halides is 1. The topological polar surface area (TPSA) is 59.0 Å². The van der Waals surface area contributed by atoms with Crippen LogP contribution in [0.4, 0.5) is 4.39 Å². The Morgan fingerprint density at radius 2 is 2.21 bits per heavy atom. The van der Waals surface area contributed by atoms with Gasteiger partial charge in [0.1, 0.15) is 24.7 Å². The first-order valence-corrected chi connectivity index (χ1v) is 8.06. The maximum Gasteiger partial charge on any atom is 0.140 e. The summed E-state index contributed by atoms with van der Waals surface area (Å²) in [5, 5.41) is 4.15. The number of hydrogen-bond donors (Lipinski definition) is 1. The van der Waals surface area contributed by atoms with Crippen LogP contribution in [0, 0.1) is 0 Å². The smallest absolute Gasteiger partial charge is 0.140 e. The summed E-state index contributed by atoms with van der Waals surface area (Å²) in [6.07, 6.45) is 2.37. The Labute approximate surface area is 139 Å². The quantitative estimate of drug-likeness (QED) is 0.778. The van der Waals surface area contributed by atoms with Crippen molar-refractivity contribution >= 4 is 11.0 Å². The summed E-state index contributed by atoms with van der Waals surface area (Å²) in [5.74, 6) is 0.731. The lowest BCUT2D eigenvalue weighted by Gasteiger charge is -2.14. The highest BCUT2D eigenvalue weighted by molar-refractivity contribution is 5.74. The lowest BCUT2D eigenvalue weighted by molar-refractivity contribution is 0.00863. The van der Waals surface area contributed by atoms with Crippen LogP contribution in [0.2, 0.25) is 0 Å². The molecule has 0 bridgehead atoms. The second kappa shape index (κ2) is 6.33. The van der Waals surface area contributed by atoms with Crippen molar-refractivity contribution in [3.05, 3.63) is 48.0 Å². The van der Waals surface area contributed by atoms with Crippen LogP contribution < -0.4 is 0 Å². The predicted molar refractivity (Wildman–Crippen MR) is 88.1 cm³/mol. The van der Waals surface area contributed by atoms with E-state index in [2.05, 4.69) is 20.0 Å². The minimum Gasteiger partial charge on any atom is -0.366 e. The first-order chi connectivity index (χ1) is 11.7. The summed E-state index contributed by atoms with van der Waals surface area (Å²) in [6.45, 7) is 1.95. The van der Waals surface area contributed by atoms with Crippen LogP contribution in [0.5, 0.6) is 0 Å². The SMILES string of the molecule is Cn1cc(CN2C[C@@H](F)[C@@H](OCc3nc4ccccc4[nH]3)C2)cn1. The third kappa shape index (κ3) is 3.18. The minimum atomic E-state index is -0.981. The molecular weight excluding hydrogens is 309 g/mol. The van der Waals surface area contributed by atoms with Gasteiger partial charge in [-0.25, -0.2) is 9.37 Å². The summed E-state index contributed by atoms with van der Waals surface area (Å²) >= 11 is 0. The number of nitrogens with one attached hydrogen (secondary N) is 1. The molecule has 3 aromatic rings. The normalized spacial score (nSPS) is 21.8. The number of para-hydroxylation sites is 2. The molecule has 1 aliphatic heterocycles. The highest BCUT2D eigenvalue weighted by Crippen LogP contribution is 2.20. The number of aromatic amines is 1. The van der Waals surface area contributed by atoms with Gasteiger partial charge in [0.25, 0.3) is 0 Å². The molecule has 2 atom stereocenters. The van der Waals surface area contributed by atoms with E-state index in [0.717, 1.165) is 22.4 Å². The molecule has 4 rings (SSSR count). The lowest BCUT2D eigenvalue weighted by atomic mass is 10.3. The van der Waals surface area contributed by atoms with Crippen molar-refractivity contribution in [2.45, 2.75) is 25.4 Å². The van der Waals surface area contributed by atoms with Crippen LogP contribution in [-0.4, -0.2) is 50.0 Å². The van der Waals surface area contributed by atoms with E-state index >= 15 is 0 Å². The Morgan fingerprint density at radius 3 is 3.00 bits per heavy atom. The fourth-order valence-corrected chi connectivity index (χ4v) is 3.17. The molecule has 126 valence electrons. The zero-order chi connectivity index (χ0) is 16.5. The van der Waals surface area contributed by atoms with E-state index in [9.17, 15) is 4.39 Å². The number of H-pyrrole nitrogens is 1. The average molecular weight is 329 g/mol. The van der Waals surface area contributed by atoms with E-state index in [1.165, 1.54) is 0 Å². The fourth-order valence-electron chi connectivity index (χ4n) is 3.17. The molecule has 1 aliphatic rings. The molecule has 1 aromatic carbocycles. The second-order valence-electron chi connectivity index (χ2n) is 6.28.